The van der Waals surface area contributed by atoms with E-state index in [4.69, 9.17) is 19.9 Å². The Morgan fingerprint density at radius 1 is 1.25 bits per heavy atom. The number of nitrogens with two attached hydrogens (primary N) is 1. The van der Waals surface area contributed by atoms with Gasteiger partial charge in [0.25, 0.3) is 5.91 Å². The third-order valence-corrected chi connectivity index (χ3v) is 3.21. The molecule has 0 aromatic heterocycles. The first-order chi connectivity index (χ1) is 11.5. The van der Waals surface area contributed by atoms with Crippen molar-refractivity contribution in [3.63, 3.8) is 0 Å². The number of rotatable bonds is 7. The molecule has 9 heteroatoms. The van der Waals surface area contributed by atoms with Crippen LogP contribution in [0.5, 0.6) is 11.5 Å². The minimum absolute atomic E-state index is 0.0553. The average molecular weight is 337 g/mol. The summed E-state index contributed by atoms with van der Waals surface area (Å²) in [5.74, 6) is 0.262. The monoisotopic (exact) mass is 337 g/mol. The number of fused-ring (bicyclic) bond motifs is 1. The lowest BCUT2D eigenvalue weighted by Gasteiger charge is -2.13. The highest BCUT2D eigenvalue weighted by Gasteiger charge is 2.18. The Morgan fingerprint density at radius 3 is 2.75 bits per heavy atom. The van der Waals surface area contributed by atoms with Gasteiger partial charge in [0.05, 0.1) is 6.42 Å². The van der Waals surface area contributed by atoms with E-state index in [1.807, 2.05) is 0 Å². The third-order valence-electron chi connectivity index (χ3n) is 3.21. The summed E-state index contributed by atoms with van der Waals surface area (Å²) in [5.41, 5.74) is 5.70. The second-order valence-corrected chi connectivity index (χ2v) is 5.08. The van der Waals surface area contributed by atoms with Crippen LogP contribution in [0.15, 0.2) is 18.2 Å². The first kappa shape index (κ1) is 17.4. The predicted molar refractivity (Wildman–Crippen MR) is 82.2 cm³/mol. The van der Waals surface area contributed by atoms with Crippen LogP contribution in [0.4, 0.5) is 4.79 Å². The van der Waals surface area contributed by atoms with Crippen LogP contribution in [0.25, 0.3) is 0 Å². The molecule has 0 saturated carbocycles. The number of hydrogen-bond acceptors (Lipinski definition) is 6. The highest BCUT2D eigenvalue weighted by Crippen LogP contribution is 2.32. The van der Waals surface area contributed by atoms with Gasteiger partial charge in [-0.25, -0.2) is 4.79 Å². The first-order valence-corrected chi connectivity index (χ1v) is 7.34. The summed E-state index contributed by atoms with van der Waals surface area (Å²) in [6.45, 7) is 1.97. The number of hydrogen-bond donors (Lipinski definition) is 3. The molecular formula is C15H19N3O6. The number of amides is 3. The molecule has 0 bridgehead atoms. The van der Waals surface area contributed by atoms with Crippen molar-refractivity contribution in [2.45, 2.75) is 26.0 Å². The van der Waals surface area contributed by atoms with E-state index in [0.717, 1.165) is 5.56 Å². The number of carbonyl (C=O) groups excluding carboxylic acids is 3. The molecule has 0 unspecified atom stereocenters. The van der Waals surface area contributed by atoms with E-state index in [1.54, 1.807) is 18.2 Å². The smallest absolute Gasteiger partial charge is 0.312 e. The van der Waals surface area contributed by atoms with E-state index in [2.05, 4.69) is 10.6 Å². The van der Waals surface area contributed by atoms with E-state index in [1.165, 1.54) is 6.92 Å². The maximum Gasteiger partial charge on any atom is 0.312 e. The van der Waals surface area contributed by atoms with Crippen LogP contribution in [0, 0.1) is 0 Å². The Hall–Kier alpha value is -2.97. The topological polar surface area (TPSA) is 129 Å². The van der Waals surface area contributed by atoms with Crippen molar-refractivity contribution < 1.29 is 28.6 Å². The molecule has 2 rings (SSSR count). The Bertz CT molecular complexity index is 634. The van der Waals surface area contributed by atoms with Gasteiger partial charge in [0.15, 0.2) is 17.6 Å². The van der Waals surface area contributed by atoms with Gasteiger partial charge in [0.2, 0.25) is 6.79 Å². The fourth-order valence-corrected chi connectivity index (χ4v) is 1.98. The highest BCUT2D eigenvalue weighted by atomic mass is 16.7. The van der Waals surface area contributed by atoms with Crippen LogP contribution in [0.1, 0.15) is 18.9 Å². The van der Waals surface area contributed by atoms with Crippen molar-refractivity contribution in [1.29, 1.82) is 0 Å². The molecule has 1 aliphatic rings. The minimum atomic E-state index is -0.944. The molecule has 0 fully saturated rings. The number of primary amides is 1. The zero-order chi connectivity index (χ0) is 17.5. The van der Waals surface area contributed by atoms with Crippen molar-refractivity contribution in [2.24, 2.45) is 5.73 Å². The van der Waals surface area contributed by atoms with Gasteiger partial charge in [-0.15, -0.1) is 0 Å². The Labute approximate surface area is 138 Å². The number of esters is 1. The number of ether oxygens (including phenoxy) is 3. The standard InChI is InChI=1S/C15H19N3O6/c1-9(24-13(19)4-5-17-15(16)21)14(20)18-7-10-2-3-11-12(6-10)23-8-22-11/h2-3,6,9H,4-5,7-8H2,1H3,(H,18,20)(H3,16,17,21)/t9-/m0/s1. The maximum atomic E-state index is 11.9. The van der Waals surface area contributed by atoms with Crippen molar-refractivity contribution >= 4 is 17.9 Å². The lowest BCUT2D eigenvalue weighted by atomic mass is 10.2. The SMILES string of the molecule is C[C@H](OC(=O)CCNC(N)=O)C(=O)NCc1ccc2c(c1)OCO2. The van der Waals surface area contributed by atoms with Crippen molar-refractivity contribution in [3.05, 3.63) is 23.8 Å². The summed E-state index contributed by atoms with van der Waals surface area (Å²) in [7, 11) is 0. The lowest BCUT2D eigenvalue weighted by molar-refractivity contribution is -0.154. The van der Waals surface area contributed by atoms with Crippen LogP contribution < -0.4 is 25.8 Å². The molecule has 0 spiro atoms. The molecule has 130 valence electrons. The number of carbonyl (C=O) groups is 3. The molecule has 3 amide bonds. The summed E-state index contributed by atoms with van der Waals surface area (Å²) in [5, 5.41) is 4.93. The summed E-state index contributed by atoms with van der Waals surface area (Å²) in [4.78, 5) is 33.9. The van der Waals surface area contributed by atoms with Crippen LogP contribution in [-0.4, -0.2) is 37.3 Å². The number of benzene rings is 1. The molecule has 1 aromatic carbocycles. The summed E-state index contributed by atoms with van der Waals surface area (Å²) >= 11 is 0. The van der Waals surface area contributed by atoms with Gasteiger partial charge in [-0.3, -0.25) is 9.59 Å². The van der Waals surface area contributed by atoms with Gasteiger partial charge in [0.1, 0.15) is 0 Å². The van der Waals surface area contributed by atoms with E-state index in [9.17, 15) is 14.4 Å². The maximum absolute atomic E-state index is 11.9. The van der Waals surface area contributed by atoms with Crippen LogP contribution in [0.3, 0.4) is 0 Å². The first-order valence-electron chi connectivity index (χ1n) is 7.34. The average Bonchev–Trinajstić information content (AvgIpc) is 2.99. The van der Waals surface area contributed by atoms with Gasteiger partial charge < -0.3 is 30.6 Å². The fourth-order valence-electron chi connectivity index (χ4n) is 1.98. The fraction of sp³-hybridized carbons (Fsp3) is 0.400. The molecule has 0 aliphatic carbocycles. The van der Waals surface area contributed by atoms with Crippen LogP contribution in [0.2, 0.25) is 0 Å². The van der Waals surface area contributed by atoms with E-state index in [-0.39, 0.29) is 26.3 Å². The van der Waals surface area contributed by atoms with Gasteiger partial charge >= 0.3 is 12.0 Å². The molecule has 24 heavy (non-hydrogen) atoms. The van der Waals surface area contributed by atoms with Gasteiger partial charge in [0, 0.05) is 13.1 Å². The lowest BCUT2D eigenvalue weighted by Crippen LogP contribution is -2.36. The summed E-state index contributed by atoms with van der Waals surface area (Å²) in [6.07, 6.45) is -1.01. The van der Waals surface area contributed by atoms with Crippen molar-refractivity contribution in [1.82, 2.24) is 10.6 Å². The predicted octanol–water partition coefficient (Wildman–Crippen LogP) is 0.0216. The van der Waals surface area contributed by atoms with Crippen molar-refractivity contribution in [3.8, 4) is 11.5 Å². The molecule has 1 aliphatic heterocycles. The Balaban J connectivity index is 1.73. The molecule has 0 saturated heterocycles. The van der Waals surface area contributed by atoms with E-state index >= 15 is 0 Å². The Kier molecular flexibility index (Phi) is 5.83. The highest BCUT2D eigenvalue weighted by molar-refractivity contribution is 5.83. The number of nitrogens with one attached hydrogen (secondary N) is 2. The van der Waals surface area contributed by atoms with Gasteiger partial charge in [-0.05, 0) is 24.6 Å². The van der Waals surface area contributed by atoms with Gasteiger partial charge in [-0.1, -0.05) is 6.07 Å². The van der Waals surface area contributed by atoms with Crippen molar-refractivity contribution in [2.75, 3.05) is 13.3 Å². The molecule has 1 atom stereocenters. The zero-order valence-corrected chi connectivity index (χ0v) is 13.2. The second kappa shape index (κ2) is 8.04. The van der Waals surface area contributed by atoms with Crippen LogP contribution >= 0.6 is 0 Å². The number of urea groups is 1. The Morgan fingerprint density at radius 2 is 2.00 bits per heavy atom. The zero-order valence-electron chi connectivity index (χ0n) is 13.2. The summed E-state index contributed by atoms with van der Waals surface area (Å²) < 4.78 is 15.4. The minimum Gasteiger partial charge on any atom is -0.454 e. The van der Waals surface area contributed by atoms with Gasteiger partial charge in [-0.2, -0.15) is 0 Å². The second-order valence-electron chi connectivity index (χ2n) is 5.08. The molecule has 0 radical (unpaired) electrons. The van der Waals surface area contributed by atoms with Crippen LogP contribution in [-0.2, 0) is 20.9 Å². The molecule has 1 heterocycles. The van der Waals surface area contributed by atoms with E-state index < -0.39 is 24.0 Å². The molecule has 4 N–H and O–H groups in total. The molecular weight excluding hydrogens is 318 g/mol. The normalized spacial score (nSPS) is 13.0. The quantitative estimate of drug-likeness (QED) is 0.602. The molecule has 1 aromatic rings. The summed E-state index contributed by atoms with van der Waals surface area (Å²) in [6, 6.07) is 4.62. The molecule has 9 nitrogen and oxygen atoms in total. The largest absolute Gasteiger partial charge is 0.454 e. The van der Waals surface area contributed by atoms with E-state index in [0.29, 0.717) is 11.5 Å². The third kappa shape index (κ3) is 5.04.